The van der Waals surface area contributed by atoms with Crippen LogP contribution in [0.5, 0.6) is 0 Å². The van der Waals surface area contributed by atoms with Crippen LogP contribution in [0.1, 0.15) is 26.7 Å². The Hall–Kier alpha value is -2.70. The van der Waals surface area contributed by atoms with Crippen molar-refractivity contribution in [3.63, 3.8) is 0 Å². The van der Waals surface area contributed by atoms with E-state index >= 15 is 0 Å². The number of carbonyl (C=O) groups excluding carboxylic acids is 1. The van der Waals surface area contributed by atoms with Crippen molar-refractivity contribution in [2.75, 3.05) is 5.32 Å². The molecule has 4 aromatic rings. The normalized spacial score (nSPS) is 11.1. The number of anilines is 1. The van der Waals surface area contributed by atoms with Crippen LogP contribution in [0, 0.1) is 12.7 Å². The summed E-state index contributed by atoms with van der Waals surface area (Å²) in [6.07, 6.45) is 0.628. The molecule has 0 fully saturated rings. The topological polar surface area (TPSA) is 55.1 Å². The first kappa shape index (κ1) is 17.7. The number of furan rings is 1. The van der Waals surface area contributed by atoms with Crippen molar-refractivity contribution in [2.24, 2.45) is 0 Å². The van der Waals surface area contributed by atoms with Crippen molar-refractivity contribution in [1.29, 1.82) is 0 Å². The molecule has 1 amide bonds. The smallest absolute Gasteiger partial charge is 0.293 e. The summed E-state index contributed by atoms with van der Waals surface area (Å²) >= 11 is 7.35. The Morgan fingerprint density at radius 1 is 1.22 bits per heavy atom. The van der Waals surface area contributed by atoms with Crippen LogP contribution in [0.4, 0.5) is 9.52 Å². The molecule has 0 atom stereocenters. The summed E-state index contributed by atoms with van der Waals surface area (Å²) < 4.78 is 18.6. The largest absolute Gasteiger partial charge is 0.451 e. The van der Waals surface area contributed by atoms with E-state index in [-0.39, 0.29) is 17.5 Å². The van der Waals surface area contributed by atoms with Gasteiger partial charge in [0.05, 0.1) is 5.69 Å². The molecule has 2 aromatic carbocycles. The molecule has 0 unspecified atom stereocenters. The number of rotatable bonds is 4. The van der Waals surface area contributed by atoms with Crippen molar-refractivity contribution in [3.8, 4) is 0 Å². The van der Waals surface area contributed by atoms with Gasteiger partial charge >= 0.3 is 0 Å². The molecular weight excluding hydrogens is 387 g/mol. The SMILES string of the molecule is Cc1nc(NC(=O)c2cc3cc(Cl)ccc3o2)sc1Cc1ccc(F)cc1. The van der Waals surface area contributed by atoms with Gasteiger partial charge in [0.15, 0.2) is 10.9 Å². The molecule has 136 valence electrons. The van der Waals surface area contributed by atoms with Gasteiger partial charge in [-0.15, -0.1) is 11.3 Å². The lowest BCUT2D eigenvalue weighted by atomic mass is 10.1. The molecule has 0 aliphatic carbocycles. The Morgan fingerprint density at radius 2 is 2.00 bits per heavy atom. The van der Waals surface area contributed by atoms with Gasteiger partial charge < -0.3 is 4.42 Å². The van der Waals surface area contributed by atoms with Gasteiger partial charge in [0.2, 0.25) is 0 Å². The molecule has 1 N–H and O–H groups in total. The molecule has 0 aliphatic rings. The van der Waals surface area contributed by atoms with Gasteiger partial charge in [-0.25, -0.2) is 9.37 Å². The fourth-order valence-electron chi connectivity index (χ4n) is 2.72. The maximum atomic E-state index is 13.0. The Kier molecular flexibility index (Phi) is 4.68. The van der Waals surface area contributed by atoms with Crippen LogP contribution < -0.4 is 5.32 Å². The first-order valence-electron chi connectivity index (χ1n) is 8.19. The average molecular weight is 401 g/mol. The van der Waals surface area contributed by atoms with E-state index in [2.05, 4.69) is 10.3 Å². The minimum absolute atomic E-state index is 0.195. The molecule has 0 saturated heterocycles. The lowest BCUT2D eigenvalue weighted by Gasteiger charge is -1.99. The summed E-state index contributed by atoms with van der Waals surface area (Å²) in [5.41, 5.74) is 2.41. The molecule has 0 radical (unpaired) electrons. The zero-order valence-electron chi connectivity index (χ0n) is 14.3. The van der Waals surface area contributed by atoms with Crippen molar-refractivity contribution in [1.82, 2.24) is 4.98 Å². The third kappa shape index (κ3) is 3.86. The number of nitrogens with zero attached hydrogens (tertiary/aromatic N) is 1. The number of carbonyl (C=O) groups is 1. The second kappa shape index (κ2) is 7.13. The van der Waals surface area contributed by atoms with E-state index in [1.807, 2.05) is 6.92 Å². The lowest BCUT2D eigenvalue weighted by molar-refractivity contribution is 0.0998. The summed E-state index contributed by atoms with van der Waals surface area (Å²) in [6, 6.07) is 13.2. The van der Waals surface area contributed by atoms with E-state index in [0.29, 0.717) is 22.2 Å². The molecule has 27 heavy (non-hydrogen) atoms. The molecule has 0 saturated carbocycles. The molecule has 4 rings (SSSR count). The molecule has 2 heterocycles. The number of nitrogens with one attached hydrogen (secondary N) is 1. The van der Waals surface area contributed by atoms with Crippen molar-refractivity contribution < 1.29 is 13.6 Å². The van der Waals surface area contributed by atoms with Crippen LogP contribution in [0.3, 0.4) is 0 Å². The molecule has 0 spiro atoms. The predicted molar refractivity (Wildman–Crippen MR) is 105 cm³/mol. The summed E-state index contributed by atoms with van der Waals surface area (Å²) in [7, 11) is 0. The number of aromatic nitrogens is 1. The first-order valence-corrected chi connectivity index (χ1v) is 9.38. The van der Waals surface area contributed by atoms with Gasteiger partial charge in [0, 0.05) is 21.7 Å². The van der Waals surface area contributed by atoms with Gasteiger partial charge in [-0.3, -0.25) is 10.1 Å². The van der Waals surface area contributed by atoms with E-state index in [9.17, 15) is 9.18 Å². The highest BCUT2D eigenvalue weighted by atomic mass is 35.5. The predicted octanol–water partition coefficient (Wildman–Crippen LogP) is 5.83. The average Bonchev–Trinajstić information content (AvgIpc) is 3.20. The zero-order valence-corrected chi connectivity index (χ0v) is 15.8. The van der Waals surface area contributed by atoms with Gasteiger partial charge in [-0.1, -0.05) is 23.7 Å². The molecule has 2 aromatic heterocycles. The monoisotopic (exact) mass is 400 g/mol. The number of thiazole rings is 1. The third-order valence-electron chi connectivity index (χ3n) is 4.09. The van der Waals surface area contributed by atoms with E-state index in [1.165, 1.54) is 23.5 Å². The lowest BCUT2D eigenvalue weighted by Crippen LogP contribution is -2.10. The van der Waals surface area contributed by atoms with E-state index < -0.39 is 0 Å². The molecule has 4 nitrogen and oxygen atoms in total. The summed E-state index contributed by atoms with van der Waals surface area (Å²) in [5.74, 6) is -0.440. The number of aryl methyl sites for hydroxylation is 1. The standard InChI is InChI=1S/C20H14ClFN2O2S/c1-11-18(8-12-2-5-15(22)6-3-12)27-20(23-11)24-19(25)17-10-13-9-14(21)4-7-16(13)26-17/h2-7,9-10H,8H2,1H3,(H,23,24,25). The maximum absolute atomic E-state index is 13.0. The molecule has 0 aliphatic heterocycles. The van der Waals surface area contributed by atoms with Crippen molar-refractivity contribution >= 4 is 44.9 Å². The molecular formula is C20H14ClFN2O2S. The summed E-state index contributed by atoms with van der Waals surface area (Å²) in [6.45, 7) is 1.88. The quantitative estimate of drug-likeness (QED) is 0.468. The number of hydrogen-bond acceptors (Lipinski definition) is 4. The molecule has 0 bridgehead atoms. The zero-order chi connectivity index (χ0) is 19.0. The Bertz CT molecular complexity index is 1130. The van der Waals surface area contributed by atoms with E-state index in [4.69, 9.17) is 16.0 Å². The summed E-state index contributed by atoms with van der Waals surface area (Å²) in [5, 5.41) is 4.61. The number of benzene rings is 2. The maximum Gasteiger partial charge on any atom is 0.293 e. The van der Waals surface area contributed by atoms with Crippen LogP contribution in [0.15, 0.2) is 52.9 Å². The number of fused-ring (bicyclic) bond motifs is 1. The van der Waals surface area contributed by atoms with Gasteiger partial charge in [-0.2, -0.15) is 0 Å². The van der Waals surface area contributed by atoms with Gasteiger partial charge in [-0.05, 0) is 48.9 Å². The van der Waals surface area contributed by atoms with E-state index in [1.54, 1.807) is 36.4 Å². The fraction of sp³-hybridized carbons (Fsp3) is 0.100. The fourth-order valence-corrected chi connectivity index (χ4v) is 3.89. The first-order chi connectivity index (χ1) is 13.0. The number of amides is 1. The third-order valence-corrected chi connectivity index (χ3v) is 5.40. The van der Waals surface area contributed by atoms with Gasteiger partial charge in [0.25, 0.3) is 5.91 Å². The molecule has 7 heteroatoms. The Labute approximate surface area is 163 Å². The minimum atomic E-state index is -0.371. The van der Waals surface area contributed by atoms with Crippen LogP contribution in [-0.2, 0) is 6.42 Å². The highest BCUT2D eigenvalue weighted by Gasteiger charge is 2.16. The highest BCUT2D eigenvalue weighted by molar-refractivity contribution is 7.15. The minimum Gasteiger partial charge on any atom is -0.451 e. The second-order valence-corrected chi connectivity index (χ2v) is 7.60. The van der Waals surface area contributed by atoms with Crippen LogP contribution >= 0.6 is 22.9 Å². The van der Waals surface area contributed by atoms with E-state index in [0.717, 1.165) is 21.5 Å². The van der Waals surface area contributed by atoms with Crippen molar-refractivity contribution in [3.05, 3.63) is 81.3 Å². The highest BCUT2D eigenvalue weighted by Crippen LogP contribution is 2.27. The van der Waals surface area contributed by atoms with Crippen LogP contribution in [0.25, 0.3) is 11.0 Å². The van der Waals surface area contributed by atoms with Crippen molar-refractivity contribution in [2.45, 2.75) is 13.3 Å². The second-order valence-electron chi connectivity index (χ2n) is 6.08. The van der Waals surface area contributed by atoms with Gasteiger partial charge in [0.1, 0.15) is 11.4 Å². The Morgan fingerprint density at radius 3 is 2.78 bits per heavy atom. The number of halogens is 2. The van der Waals surface area contributed by atoms with Crippen LogP contribution in [-0.4, -0.2) is 10.9 Å². The Balaban J connectivity index is 1.51. The summed E-state index contributed by atoms with van der Waals surface area (Å²) in [4.78, 5) is 17.9. The van der Waals surface area contributed by atoms with Crippen LogP contribution in [0.2, 0.25) is 5.02 Å². The number of hydrogen-bond donors (Lipinski definition) is 1.